The van der Waals surface area contributed by atoms with E-state index in [1.165, 1.54) is 12.1 Å². The van der Waals surface area contributed by atoms with Gasteiger partial charge in [-0.05, 0) is 30.7 Å². The minimum atomic E-state index is -0.471. The van der Waals surface area contributed by atoms with E-state index in [0.717, 1.165) is 19.3 Å². The van der Waals surface area contributed by atoms with Gasteiger partial charge in [0.05, 0.1) is 17.4 Å². The maximum absolute atomic E-state index is 11.8. The summed E-state index contributed by atoms with van der Waals surface area (Å²) in [5.74, 6) is 0.186. The minimum Gasteiger partial charge on any atom is -0.393 e. The average molecular weight is 278 g/mol. The molecule has 108 valence electrons. The summed E-state index contributed by atoms with van der Waals surface area (Å²) >= 11 is 0. The molecule has 2 unspecified atom stereocenters. The minimum absolute atomic E-state index is 0.00536. The molecule has 0 saturated heterocycles. The number of hydrogen-bond donors (Lipinski definition) is 2. The van der Waals surface area contributed by atoms with Crippen molar-refractivity contribution in [3.8, 4) is 0 Å². The van der Waals surface area contributed by atoms with Crippen LogP contribution < -0.4 is 5.32 Å². The molecule has 1 amide bonds. The van der Waals surface area contributed by atoms with E-state index in [9.17, 15) is 20.0 Å². The van der Waals surface area contributed by atoms with Crippen molar-refractivity contribution in [1.82, 2.24) is 5.32 Å². The molecule has 2 rings (SSSR count). The van der Waals surface area contributed by atoms with E-state index in [4.69, 9.17) is 0 Å². The molecule has 1 aliphatic carbocycles. The predicted molar refractivity (Wildman–Crippen MR) is 73.2 cm³/mol. The van der Waals surface area contributed by atoms with Gasteiger partial charge in [0.2, 0.25) is 5.91 Å². The Bertz CT molecular complexity index is 504. The van der Waals surface area contributed by atoms with Gasteiger partial charge in [0, 0.05) is 18.7 Å². The van der Waals surface area contributed by atoms with Gasteiger partial charge < -0.3 is 10.4 Å². The van der Waals surface area contributed by atoms with Crippen molar-refractivity contribution in [2.75, 3.05) is 6.54 Å². The third-order valence-electron chi connectivity index (χ3n) is 3.59. The maximum Gasteiger partial charge on any atom is 0.269 e. The van der Waals surface area contributed by atoms with Gasteiger partial charge in [-0.1, -0.05) is 12.1 Å². The molecule has 0 radical (unpaired) electrons. The number of nitrogens with one attached hydrogen (secondary N) is 1. The summed E-state index contributed by atoms with van der Waals surface area (Å²) in [6, 6.07) is 6.10. The van der Waals surface area contributed by atoms with E-state index in [-0.39, 0.29) is 24.1 Å². The van der Waals surface area contributed by atoms with Crippen molar-refractivity contribution in [2.24, 2.45) is 5.92 Å². The second-order valence-corrected chi connectivity index (χ2v) is 5.24. The summed E-state index contributed by atoms with van der Waals surface area (Å²) in [7, 11) is 0. The van der Waals surface area contributed by atoms with Crippen molar-refractivity contribution in [1.29, 1.82) is 0 Å². The third-order valence-corrected chi connectivity index (χ3v) is 3.59. The van der Waals surface area contributed by atoms with Crippen LogP contribution in [0.4, 0.5) is 5.69 Å². The van der Waals surface area contributed by atoms with Crippen LogP contribution >= 0.6 is 0 Å². The highest BCUT2D eigenvalue weighted by Gasteiger charge is 2.22. The van der Waals surface area contributed by atoms with Crippen LogP contribution in [0.3, 0.4) is 0 Å². The normalized spacial score (nSPS) is 21.6. The Morgan fingerprint density at radius 2 is 2.25 bits per heavy atom. The fourth-order valence-corrected chi connectivity index (χ4v) is 2.52. The number of rotatable bonds is 5. The standard InChI is InChI=1S/C14H18N2O4/c17-13-5-4-11(7-13)9-15-14(18)8-10-2-1-3-12(6-10)16(19)20/h1-3,6,11,13,17H,4-5,7-9H2,(H,15,18). The number of aliphatic hydroxyl groups is 1. The Morgan fingerprint density at radius 1 is 1.45 bits per heavy atom. The van der Waals surface area contributed by atoms with E-state index in [1.54, 1.807) is 12.1 Å². The van der Waals surface area contributed by atoms with Crippen LogP contribution in [0.2, 0.25) is 0 Å². The van der Waals surface area contributed by atoms with E-state index < -0.39 is 4.92 Å². The van der Waals surface area contributed by atoms with Crippen molar-refractivity contribution < 1.29 is 14.8 Å². The molecule has 1 aromatic rings. The molecule has 1 saturated carbocycles. The summed E-state index contributed by atoms with van der Waals surface area (Å²) in [5, 5.41) is 22.9. The topological polar surface area (TPSA) is 92.5 Å². The monoisotopic (exact) mass is 278 g/mol. The first-order valence-electron chi connectivity index (χ1n) is 6.72. The van der Waals surface area contributed by atoms with E-state index >= 15 is 0 Å². The molecule has 1 fully saturated rings. The third kappa shape index (κ3) is 4.03. The molecule has 2 N–H and O–H groups in total. The first-order chi connectivity index (χ1) is 9.54. The number of nitro groups is 1. The molecule has 6 heteroatoms. The summed E-state index contributed by atoms with van der Waals surface area (Å²) in [6.07, 6.45) is 2.35. The van der Waals surface area contributed by atoms with Gasteiger partial charge in [0.15, 0.2) is 0 Å². The van der Waals surface area contributed by atoms with Gasteiger partial charge in [-0.3, -0.25) is 14.9 Å². The summed E-state index contributed by atoms with van der Waals surface area (Å²) < 4.78 is 0. The largest absolute Gasteiger partial charge is 0.393 e. The molecular formula is C14H18N2O4. The van der Waals surface area contributed by atoms with Crippen LogP contribution in [-0.4, -0.2) is 28.6 Å². The van der Waals surface area contributed by atoms with Gasteiger partial charge in [0.1, 0.15) is 0 Å². The van der Waals surface area contributed by atoms with Crippen LogP contribution in [0.15, 0.2) is 24.3 Å². The fraction of sp³-hybridized carbons (Fsp3) is 0.500. The Hall–Kier alpha value is -1.95. The molecule has 0 heterocycles. The first kappa shape index (κ1) is 14.5. The summed E-state index contributed by atoms with van der Waals surface area (Å²) in [4.78, 5) is 22.0. The lowest BCUT2D eigenvalue weighted by Gasteiger charge is -2.10. The quantitative estimate of drug-likeness (QED) is 0.629. The average Bonchev–Trinajstić information content (AvgIpc) is 2.82. The lowest BCUT2D eigenvalue weighted by molar-refractivity contribution is -0.384. The number of nitrogens with zero attached hydrogens (tertiary/aromatic N) is 1. The smallest absolute Gasteiger partial charge is 0.269 e. The fourth-order valence-electron chi connectivity index (χ4n) is 2.52. The van der Waals surface area contributed by atoms with Gasteiger partial charge in [-0.2, -0.15) is 0 Å². The van der Waals surface area contributed by atoms with Crippen molar-refractivity contribution in [3.63, 3.8) is 0 Å². The van der Waals surface area contributed by atoms with Crippen molar-refractivity contribution in [2.45, 2.75) is 31.8 Å². The van der Waals surface area contributed by atoms with Gasteiger partial charge in [-0.25, -0.2) is 0 Å². The molecule has 2 atom stereocenters. The summed E-state index contributed by atoms with van der Waals surface area (Å²) in [6.45, 7) is 0.560. The Kier molecular flexibility index (Phi) is 4.68. The number of benzene rings is 1. The number of nitro benzene ring substituents is 1. The molecule has 20 heavy (non-hydrogen) atoms. The highest BCUT2D eigenvalue weighted by atomic mass is 16.6. The molecule has 0 bridgehead atoms. The zero-order valence-corrected chi connectivity index (χ0v) is 11.1. The molecule has 1 aliphatic rings. The van der Waals surface area contributed by atoms with E-state index in [0.29, 0.717) is 18.0 Å². The number of aliphatic hydroxyl groups excluding tert-OH is 1. The number of carbonyl (C=O) groups excluding carboxylic acids is 1. The molecule has 0 spiro atoms. The van der Waals surface area contributed by atoms with Gasteiger partial charge >= 0.3 is 0 Å². The van der Waals surface area contributed by atoms with Crippen LogP contribution in [0, 0.1) is 16.0 Å². The molecule has 1 aromatic carbocycles. The molecule has 6 nitrogen and oxygen atoms in total. The zero-order chi connectivity index (χ0) is 14.5. The number of amides is 1. The first-order valence-corrected chi connectivity index (χ1v) is 6.72. The van der Waals surface area contributed by atoms with Crippen molar-refractivity contribution >= 4 is 11.6 Å². The van der Waals surface area contributed by atoms with Crippen LogP contribution in [0.5, 0.6) is 0 Å². The van der Waals surface area contributed by atoms with Gasteiger partial charge in [0.25, 0.3) is 5.69 Å². The molecule has 0 aromatic heterocycles. The predicted octanol–water partition coefficient (Wildman–Crippen LogP) is 1.41. The molecular weight excluding hydrogens is 260 g/mol. The zero-order valence-electron chi connectivity index (χ0n) is 11.1. The van der Waals surface area contributed by atoms with Crippen LogP contribution in [-0.2, 0) is 11.2 Å². The highest BCUT2D eigenvalue weighted by molar-refractivity contribution is 5.78. The van der Waals surface area contributed by atoms with E-state index in [1.807, 2.05) is 0 Å². The number of hydrogen-bond acceptors (Lipinski definition) is 4. The van der Waals surface area contributed by atoms with Crippen LogP contribution in [0.25, 0.3) is 0 Å². The molecule has 0 aliphatic heterocycles. The maximum atomic E-state index is 11.8. The highest BCUT2D eigenvalue weighted by Crippen LogP contribution is 2.24. The SMILES string of the molecule is O=C(Cc1cccc([N+](=O)[O-])c1)NCC1CCC(O)C1. The lowest BCUT2D eigenvalue weighted by atomic mass is 10.1. The second-order valence-electron chi connectivity index (χ2n) is 5.24. The lowest BCUT2D eigenvalue weighted by Crippen LogP contribution is -2.29. The van der Waals surface area contributed by atoms with E-state index in [2.05, 4.69) is 5.32 Å². The Morgan fingerprint density at radius 3 is 2.90 bits per heavy atom. The number of carbonyl (C=O) groups is 1. The van der Waals surface area contributed by atoms with Crippen molar-refractivity contribution in [3.05, 3.63) is 39.9 Å². The van der Waals surface area contributed by atoms with Gasteiger partial charge in [-0.15, -0.1) is 0 Å². The Balaban J connectivity index is 1.82. The number of non-ortho nitro benzene ring substituents is 1. The van der Waals surface area contributed by atoms with Crippen LogP contribution in [0.1, 0.15) is 24.8 Å². The Labute approximate surface area is 117 Å². The second kappa shape index (κ2) is 6.47. The summed E-state index contributed by atoms with van der Waals surface area (Å²) in [5.41, 5.74) is 0.623.